The van der Waals surface area contributed by atoms with Gasteiger partial charge in [0.1, 0.15) is 5.82 Å². The fourth-order valence-electron chi connectivity index (χ4n) is 1.32. The molecule has 1 aromatic heterocycles. The highest BCUT2D eigenvalue weighted by molar-refractivity contribution is 5.85. The van der Waals surface area contributed by atoms with Crippen molar-refractivity contribution in [1.82, 2.24) is 10.1 Å². The number of rotatable bonds is 3. The van der Waals surface area contributed by atoms with Gasteiger partial charge in [0.2, 0.25) is 17.5 Å². The summed E-state index contributed by atoms with van der Waals surface area (Å²) in [5.41, 5.74) is -0.0167. The van der Waals surface area contributed by atoms with Gasteiger partial charge in [-0.25, -0.2) is 4.39 Å². The Hall–Kier alpha value is -2.25. The minimum atomic E-state index is -4.97. The zero-order valence-corrected chi connectivity index (χ0v) is 9.24. The van der Waals surface area contributed by atoms with Crippen LogP contribution >= 0.6 is 0 Å². The molecule has 0 bridgehead atoms. The minimum Gasteiger partial charge on any atom is -0.338 e. The molecule has 0 amide bonds. The van der Waals surface area contributed by atoms with Crippen molar-refractivity contribution >= 4 is 5.78 Å². The molecule has 0 spiro atoms. The van der Waals surface area contributed by atoms with E-state index in [4.69, 9.17) is 0 Å². The molecule has 0 saturated carbocycles. The Balaban J connectivity index is 2.21. The molecule has 0 fully saturated rings. The third kappa shape index (κ3) is 2.95. The van der Waals surface area contributed by atoms with Gasteiger partial charge in [-0.3, -0.25) is 4.79 Å². The lowest BCUT2D eigenvalue weighted by Crippen LogP contribution is -2.24. The van der Waals surface area contributed by atoms with E-state index >= 15 is 0 Å². The fraction of sp³-hybridized carbons (Fsp3) is 0.182. The monoisotopic (exact) mass is 274 g/mol. The SMILES string of the molecule is O=C(Cc1nc(-c2ccccc2F)no1)C(F)(F)F. The van der Waals surface area contributed by atoms with E-state index in [1.165, 1.54) is 18.2 Å². The molecule has 2 rings (SSSR count). The van der Waals surface area contributed by atoms with Crippen molar-refractivity contribution in [3.8, 4) is 11.4 Å². The summed E-state index contributed by atoms with van der Waals surface area (Å²) in [6.45, 7) is 0. The topological polar surface area (TPSA) is 56.0 Å². The Labute approximate surface area is 104 Å². The summed E-state index contributed by atoms with van der Waals surface area (Å²) in [6, 6.07) is 5.43. The lowest BCUT2D eigenvalue weighted by Gasteiger charge is -2.00. The Morgan fingerprint density at radius 1 is 1.26 bits per heavy atom. The molecule has 0 aliphatic carbocycles. The van der Waals surface area contributed by atoms with Crippen molar-refractivity contribution in [2.24, 2.45) is 0 Å². The van der Waals surface area contributed by atoms with Crippen LogP contribution in [0.15, 0.2) is 28.8 Å². The van der Waals surface area contributed by atoms with Crippen LogP contribution in [0.3, 0.4) is 0 Å². The van der Waals surface area contributed by atoms with E-state index < -0.39 is 30.1 Å². The highest BCUT2D eigenvalue weighted by Crippen LogP contribution is 2.21. The highest BCUT2D eigenvalue weighted by Gasteiger charge is 2.39. The van der Waals surface area contributed by atoms with Gasteiger partial charge in [0, 0.05) is 0 Å². The van der Waals surface area contributed by atoms with Gasteiger partial charge in [0.25, 0.3) is 0 Å². The molecule has 0 N–H and O–H groups in total. The van der Waals surface area contributed by atoms with Gasteiger partial charge >= 0.3 is 6.18 Å². The third-order valence-corrected chi connectivity index (χ3v) is 2.21. The Kier molecular flexibility index (Phi) is 3.32. The van der Waals surface area contributed by atoms with Gasteiger partial charge < -0.3 is 4.52 Å². The standard InChI is InChI=1S/C11H6F4N2O2/c12-7-4-2-1-3-6(7)10-16-9(19-17-10)5-8(18)11(13,14)15/h1-4H,5H2. The maximum Gasteiger partial charge on any atom is 0.450 e. The molecule has 0 aliphatic rings. The van der Waals surface area contributed by atoms with Gasteiger partial charge in [-0.15, -0.1) is 0 Å². The number of Topliss-reactive ketones (excluding diaryl/α,β-unsaturated/α-hetero) is 1. The molecule has 100 valence electrons. The molecule has 0 aliphatic heterocycles. The normalized spacial score (nSPS) is 11.6. The summed E-state index contributed by atoms with van der Waals surface area (Å²) in [5, 5.41) is 3.34. The van der Waals surface area contributed by atoms with Crippen LogP contribution < -0.4 is 0 Å². The van der Waals surface area contributed by atoms with Gasteiger partial charge in [-0.05, 0) is 12.1 Å². The van der Waals surface area contributed by atoms with Crippen LogP contribution in [-0.4, -0.2) is 22.1 Å². The first-order valence-corrected chi connectivity index (χ1v) is 5.05. The molecule has 0 atom stereocenters. The number of hydrogen-bond acceptors (Lipinski definition) is 4. The maximum absolute atomic E-state index is 13.4. The van der Waals surface area contributed by atoms with Crippen molar-refractivity contribution in [1.29, 1.82) is 0 Å². The zero-order valence-electron chi connectivity index (χ0n) is 9.24. The average Bonchev–Trinajstić information content (AvgIpc) is 2.76. The number of carbonyl (C=O) groups excluding carboxylic acids is 1. The number of alkyl halides is 3. The average molecular weight is 274 g/mol. The van der Waals surface area contributed by atoms with Crippen molar-refractivity contribution in [2.75, 3.05) is 0 Å². The van der Waals surface area contributed by atoms with Crippen LogP contribution in [0.2, 0.25) is 0 Å². The van der Waals surface area contributed by atoms with Crippen LogP contribution in [-0.2, 0) is 11.2 Å². The molecular weight excluding hydrogens is 268 g/mol. The number of ketones is 1. The molecule has 19 heavy (non-hydrogen) atoms. The number of halogens is 4. The van der Waals surface area contributed by atoms with Crippen molar-refractivity contribution in [2.45, 2.75) is 12.6 Å². The van der Waals surface area contributed by atoms with Crippen LogP contribution in [0.1, 0.15) is 5.89 Å². The molecule has 0 unspecified atom stereocenters. The zero-order chi connectivity index (χ0) is 14.0. The lowest BCUT2D eigenvalue weighted by molar-refractivity contribution is -0.170. The molecule has 2 aromatic rings. The predicted molar refractivity (Wildman–Crippen MR) is 54.5 cm³/mol. The van der Waals surface area contributed by atoms with E-state index in [0.29, 0.717) is 0 Å². The fourth-order valence-corrected chi connectivity index (χ4v) is 1.32. The van der Waals surface area contributed by atoms with E-state index in [0.717, 1.165) is 6.07 Å². The Morgan fingerprint density at radius 3 is 2.58 bits per heavy atom. The summed E-state index contributed by atoms with van der Waals surface area (Å²) in [4.78, 5) is 14.3. The summed E-state index contributed by atoms with van der Waals surface area (Å²) < 4.78 is 53.9. The maximum atomic E-state index is 13.4. The Bertz CT molecular complexity index is 607. The largest absolute Gasteiger partial charge is 0.450 e. The first kappa shape index (κ1) is 13.2. The van der Waals surface area contributed by atoms with Crippen molar-refractivity contribution in [3.05, 3.63) is 36.0 Å². The smallest absolute Gasteiger partial charge is 0.338 e. The van der Waals surface area contributed by atoms with Crippen LogP contribution in [0, 0.1) is 5.82 Å². The first-order valence-electron chi connectivity index (χ1n) is 5.05. The predicted octanol–water partition coefficient (Wildman–Crippen LogP) is 2.55. The number of benzene rings is 1. The van der Waals surface area contributed by atoms with Crippen LogP contribution in [0.25, 0.3) is 11.4 Å². The molecule has 0 radical (unpaired) electrons. The van der Waals surface area contributed by atoms with Crippen molar-refractivity contribution in [3.63, 3.8) is 0 Å². The quantitative estimate of drug-likeness (QED) is 0.807. The third-order valence-electron chi connectivity index (χ3n) is 2.21. The molecule has 4 nitrogen and oxygen atoms in total. The molecule has 0 saturated heterocycles. The summed E-state index contributed by atoms with van der Waals surface area (Å²) in [7, 11) is 0. The minimum absolute atomic E-state index is 0.0167. The summed E-state index contributed by atoms with van der Waals surface area (Å²) in [5.74, 6) is -3.36. The number of nitrogens with zero attached hydrogens (tertiary/aromatic N) is 2. The highest BCUT2D eigenvalue weighted by atomic mass is 19.4. The second-order valence-electron chi connectivity index (χ2n) is 3.59. The van der Waals surface area contributed by atoms with Crippen LogP contribution in [0.5, 0.6) is 0 Å². The van der Waals surface area contributed by atoms with E-state index in [-0.39, 0.29) is 11.4 Å². The summed E-state index contributed by atoms with van der Waals surface area (Å²) in [6.07, 6.45) is -6.03. The molecule has 1 heterocycles. The molecular formula is C11H6F4N2O2. The second-order valence-corrected chi connectivity index (χ2v) is 3.59. The van der Waals surface area contributed by atoms with E-state index in [1.807, 2.05) is 0 Å². The van der Waals surface area contributed by atoms with Crippen LogP contribution in [0.4, 0.5) is 17.6 Å². The van der Waals surface area contributed by atoms with Crippen molar-refractivity contribution < 1.29 is 26.9 Å². The molecule has 8 heteroatoms. The summed E-state index contributed by atoms with van der Waals surface area (Å²) >= 11 is 0. The first-order chi connectivity index (χ1) is 8.88. The van der Waals surface area contributed by atoms with Gasteiger partial charge in [-0.1, -0.05) is 17.3 Å². The van der Waals surface area contributed by atoms with Gasteiger partial charge in [0.15, 0.2) is 0 Å². The number of hydrogen-bond donors (Lipinski definition) is 0. The van der Waals surface area contributed by atoms with Gasteiger partial charge in [-0.2, -0.15) is 18.2 Å². The lowest BCUT2D eigenvalue weighted by atomic mass is 10.2. The number of aromatic nitrogens is 2. The van der Waals surface area contributed by atoms with E-state index in [1.54, 1.807) is 0 Å². The van der Waals surface area contributed by atoms with Gasteiger partial charge in [0.05, 0.1) is 12.0 Å². The molecule has 1 aromatic carbocycles. The second kappa shape index (κ2) is 4.79. The van der Waals surface area contributed by atoms with E-state index in [2.05, 4.69) is 14.7 Å². The number of carbonyl (C=O) groups is 1. The Morgan fingerprint density at radius 2 is 1.95 bits per heavy atom. The van der Waals surface area contributed by atoms with E-state index in [9.17, 15) is 22.4 Å².